The molecule has 1 saturated heterocycles. The van der Waals surface area contributed by atoms with Gasteiger partial charge in [-0.05, 0) is 42.3 Å². The van der Waals surface area contributed by atoms with E-state index >= 15 is 0 Å². The van der Waals surface area contributed by atoms with E-state index in [0.717, 1.165) is 54.8 Å². The Bertz CT molecular complexity index is 774. The number of nitrogens with zero attached hydrogens (tertiary/aromatic N) is 3. The van der Waals surface area contributed by atoms with E-state index in [0.29, 0.717) is 6.61 Å². The van der Waals surface area contributed by atoms with Crippen LogP contribution in [0.1, 0.15) is 18.1 Å². The molecule has 1 aliphatic heterocycles. The Morgan fingerprint density at radius 1 is 1.07 bits per heavy atom. The van der Waals surface area contributed by atoms with Crippen LogP contribution in [0, 0.1) is 0 Å². The van der Waals surface area contributed by atoms with Gasteiger partial charge in [-0.3, -0.25) is 9.91 Å². The van der Waals surface area contributed by atoms with Crippen molar-refractivity contribution in [2.75, 3.05) is 39.9 Å². The first-order chi connectivity index (χ1) is 13.2. The van der Waals surface area contributed by atoms with Gasteiger partial charge in [-0.2, -0.15) is 5.10 Å². The average molecular weight is 388 g/mol. The third kappa shape index (κ3) is 5.37. The molecule has 2 aromatic rings. The Kier molecular flexibility index (Phi) is 6.96. The summed E-state index contributed by atoms with van der Waals surface area (Å²) in [4.78, 5) is 2.41. The number of methoxy groups -OCH3 is 1. The third-order valence-electron chi connectivity index (χ3n) is 4.56. The van der Waals surface area contributed by atoms with Crippen molar-refractivity contribution in [3.05, 3.63) is 58.6 Å². The van der Waals surface area contributed by atoms with E-state index in [-0.39, 0.29) is 0 Å². The van der Waals surface area contributed by atoms with Gasteiger partial charge in [0.05, 0.1) is 19.9 Å². The summed E-state index contributed by atoms with van der Waals surface area (Å²) in [5.41, 5.74) is 2.17. The molecule has 0 aliphatic carbocycles. The maximum atomic E-state index is 6.27. The zero-order valence-electron chi connectivity index (χ0n) is 15.9. The first kappa shape index (κ1) is 19.5. The van der Waals surface area contributed by atoms with Crippen LogP contribution < -0.4 is 9.47 Å². The summed E-state index contributed by atoms with van der Waals surface area (Å²) in [5, 5.41) is 7.56. The van der Waals surface area contributed by atoms with Gasteiger partial charge in [0.15, 0.2) is 11.5 Å². The molecule has 3 rings (SSSR count). The number of ether oxygens (including phenoxy) is 2. The second-order valence-corrected chi connectivity index (χ2v) is 6.82. The number of piperazine rings is 1. The molecule has 5 nitrogen and oxygen atoms in total. The molecule has 0 radical (unpaired) electrons. The lowest BCUT2D eigenvalue weighted by Gasteiger charge is -2.33. The highest BCUT2D eigenvalue weighted by molar-refractivity contribution is 6.31. The maximum Gasteiger partial charge on any atom is 0.161 e. The van der Waals surface area contributed by atoms with Crippen molar-refractivity contribution in [3.8, 4) is 11.5 Å². The van der Waals surface area contributed by atoms with Crippen LogP contribution in [0.15, 0.2) is 47.6 Å². The maximum absolute atomic E-state index is 6.27. The Labute approximate surface area is 166 Å². The lowest BCUT2D eigenvalue weighted by atomic mass is 10.2. The smallest absolute Gasteiger partial charge is 0.161 e. The van der Waals surface area contributed by atoms with Gasteiger partial charge in [-0.25, -0.2) is 0 Å². The van der Waals surface area contributed by atoms with Gasteiger partial charge in [0.25, 0.3) is 0 Å². The highest BCUT2D eigenvalue weighted by Gasteiger charge is 2.16. The number of rotatable bonds is 7. The highest BCUT2D eigenvalue weighted by atomic mass is 35.5. The van der Waals surface area contributed by atoms with Gasteiger partial charge < -0.3 is 9.47 Å². The second-order valence-electron chi connectivity index (χ2n) is 6.41. The predicted molar refractivity (Wildman–Crippen MR) is 110 cm³/mol. The first-order valence-electron chi connectivity index (χ1n) is 9.25. The molecule has 2 aromatic carbocycles. The minimum Gasteiger partial charge on any atom is -0.493 e. The van der Waals surface area contributed by atoms with Crippen molar-refractivity contribution in [1.82, 2.24) is 9.91 Å². The molecular formula is C21H26ClN3O2. The first-order valence-corrected chi connectivity index (χ1v) is 9.63. The summed E-state index contributed by atoms with van der Waals surface area (Å²) in [6.45, 7) is 7.18. The van der Waals surface area contributed by atoms with Crippen LogP contribution in [-0.2, 0) is 6.54 Å². The normalized spacial score (nSPS) is 15.3. The molecule has 0 unspecified atom stereocenters. The Balaban J connectivity index is 1.53. The molecular weight excluding hydrogens is 362 g/mol. The molecule has 0 atom stereocenters. The minimum atomic E-state index is 0.613. The molecule has 0 N–H and O–H groups in total. The molecule has 1 aliphatic rings. The summed E-state index contributed by atoms with van der Waals surface area (Å²) >= 11 is 6.27. The molecule has 0 saturated carbocycles. The van der Waals surface area contributed by atoms with Gasteiger partial charge in [0, 0.05) is 37.7 Å². The molecule has 1 heterocycles. The van der Waals surface area contributed by atoms with Gasteiger partial charge >= 0.3 is 0 Å². The zero-order chi connectivity index (χ0) is 19.1. The van der Waals surface area contributed by atoms with E-state index in [2.05, 4.69) is 21.1 Å². The number of hydrogen-bond donors (Lipinski definition) is 0. The van der Waals surface area contributed by atoms with E-state index < -0.39 is 0 Å². The second kappa shape index (κ2) is 9.62. The van der Waals surface area contributed by atoms with E-state index in [1.807, 2.05) is 49.5 Å². The molecule has 0 bridgehead atoms. The van der Waals surface area contributed by atoms with Crippen LogP contribution in [-0.4, -0.2) is 56.0 Å². The summed E-state index contributed by atoms with van der Waals surface area (Å²) in [6.07, 6.45) is 1.88. The Morgan fingerprint density at radius 3 is 2.56 bits per heavy atom. The standard InChI is InChI=1S/C21H26ClN3O2/c1-3-27-20-9-8-17(14-21(20)26-2)15-23-25-12-10-24(11-13-25)16-18-6-4-5-7-19(18)22/h4-9,14-15H,3,10-13,16H2,1-2H3. The summed E-state index contributed by atoms with van der Waals surface area (Å²) in [6, 6.07) is 13.9. The Morgan fingerprint density at radius 2 is 1.85 bits per heavy atom. The quantitative estimate of drug-likeness (QED) is 0.675. The van der Waals surface area contributed by atoms with E-state index in [9.17, 15) is 0 Å². The fourth-order valence-electron chi connectivity index (χ4n) is 3.07. The van der Waals surface area contributed by atoms with Gasteiger partial charge in [0.2, 0.25) is 0 Å². The van der Waals surface area contributed by atoms with Crippen LogP contribution in [0.4, 0.5) is 0 Å². The van der Waals surface area contributed by atoms with E-state index in [4.69, 9.17) is 21.1 Å². The van der Waals surface area contributed by atoms with Gasteiger partial charge in [0.1, 0.15) is 0 Å². The topological polar surface area (TPSA) is 37.3 Å². The SMILES string of the molecule is CCOc1ccc(C=NN2CCN(Cc3ccccc3Cl)CC2)cc1OC. The fourth-order valence-corrected chi connectivity index (χ4v) is 3.26. The molecule has 27 heavy (non-hydrogen) atoms. The van der Waals surface area contributed by atoms with Crippen molar-refractivity contribution in [3.63, 3.8) is 0 Å². The van der Waals surface area contributed by atoms with E-state index in [1.165, 1.54) is 5.56 Å². The van der Waals surface area contributed by atoms with Crippen molar-refractivity contribution < 1.29 is 9.47 Å². The largest absolute Gasteiger partial charge is 0.493 e. The van der Waals surface area contributed by atoms with Crippen molar-refractivity contribution >= 4 is 17.8 Å². The summed E-state index contributed by atoms with van der Waals surface area (Å²) < 4.78 is 10.9. The molecule has 144 valence electrons. The molecule has 0 amide bonds. The summed E-state index contributed by atoms with van der Waals surface area (Å²) in [5.74, 6) is 1.48. The average Bonchev–Trinajstić information content (AvgIpc) is 2.70. The number of hydrogen-bond acceptors (Lipinski definition) is 5. The van der Waals surface area contributed by atoms with Gasteiger partial charge in [-0.1, -0.05) is 29.8 Å². The molecule has 6 heteroatoms. The lowest BCUT2D eigenvalue weighted by molar-refractivity contribution is 0.131. The van der Waals surface area contributed by atoms with Crippen molar-refractivity contribution in [2.45, 2.75) is 13.5 Å². The predicted octanol–water partition coefficient (Wildman–Crippen LogP) is 3.90. The van der Waals surface area contributed by atoms with Gasteiger partial charge in [-0.15, -0.1) is 0 Å². The molecule has 0 spiro atoms. The fraction of sp³-hybridized carbons (Fsp3) is 0.381. The molecule has 0 aromatic heterocycles. The molecule has 1 fully saturated rings. The van der Waals surface area contributed by atoms with Crippen molar-refractivity contribution in [2.24, 2.45) is 5.10 Å². The third-order valence-corrected chi connectivity index (χ3v) is 4.93. The van der Waals surface area contributed by atoms with Crippen LogP contribution in [0.5, 0.6) is 11.5 Å². The van der Waals surface area contributed by atoms with Crippen molar-refractivity contribution in [1.29, 1.82) is 0 Å². The minimum absolute atomic E-state index is 0.613. The van der Waals surface area contributed by atoms with Crippen LogP contribution in [0.3, 0.4) is 0 Å². The summed E-state index contributed by atoms with van der Waals surface area (Å²) in [7, 11) is 1.65. The lowest BCUT2D eigenvalue weighted by Crippen LogP contribution is -2.43. The number of benzene rings is 2. The Hall–Kier alpha value is -2.24. The van der Waals surface area contributed by atoms with Crippen LogP contribution in [0.2, 0.25) is 5.02 Å². The van der Waals surface area contributed by atoms with Crippen LogP contribution >= 0.6 is 11.6 Å². The van der Waals surface area contributed by atoms with Crippen LogP contribution in [0.25, 0.3) is 0 Å². The van der Waals surface area contributed by atoms with E-state index in [1.54, 1.807) is 7.11 Å². The zero-order valence-corrected chi connectivity index (χ0v) is 16.7. The number of halogens is 1. The number of hydrazone groups is 1. The highest BCUT2D eigenvalue weighted by Crippen LogP contribution is 2.27. The monoisotopic (exact) mass is 387 g/mol.